The number of nitro groups is 1. The van der Waals surface area contributed by atoms with Crippen molar-refractivity contribution in [3.8, 4) is 0 Å². The highest BCUT2D eigenvalue weighted by Gasteiger charge is 2.22. The van der Waals surface area contributed by atoms with Gasteiger partial charge in [0, 0.05) is 23.7 Å². The van der Waals surface area contributed by atoms with Crippen molar-refractivity contribution in [2.24, 2.45) is 0 Å². The Morgan fingerprint density at radius 2 is 2.00 bits per heavy atom. The first-order valence-electron chi connectivity index (χ1n) is 6.42. The average molecular weight is 321 g/mol. The van der Waals surface area contributed by atoms with E-state index < -0.39 is 20.4 Å². The maximum atomic E-state index is 11.7. The van der Waals surface area contributed by atoms with Gasteiger partial charge in [0.25, 0.3) is 5.69 Å². The van der Waals surface area contributed by atoms with Crippen LogP contribution in [0.4, 0.5) is 11.4 Å². The molecule has 2 rings (SSSR count). The topological polar surface area (TPSA) is 102 Å². The number of rotatable bonds is 5. The molecule has 8 heteroatoms. The van der Waals surface area contributed by atoms with Gasteiger partial charge in [-0.2, -0.15) is 0 Å². The highest BCUT2D eigenvalue weighted by atomic mass is 32.2. The molecule has 116 valence electrons. The van der Waals surface area contributed by atoms with Crippen molar-refractivity contribution in [2.75, 3.05) is 11.6 Å². The number of nitrogens with one attached hydrogen (secondary N) is 1. The number of hydrogen-bond acceptors (Lipinski definition) is 6. The van der Waals surface area contributed by atoms with Gasteiger partial charge >= 0.3 is 0 Å². The average Bonchev–Trinajstić information content (AvgIpc) is 2.44. The predicted octanol–water partition coefficient (Wildman–Crippen LogP) is 2.31. The molecule has 7 nitrogen and oxygen atoms in total. The standard InChI is InChI=1S/C14H15N3O4S/c1-10-4-3-5-12(16-10)9-15-11-6-7-13(17(18)19)14(8-11)22(2,20)21/h3-8,15H,9H2,1-2H3. The van der Waals surface area contributed by atoms with Crippen LogP contribution in [0.25, 0.3) is 0 Å². The largest absolute Gasteiger partial charge is 0.379 e. The maximum absolute atomic E-state index is 11.7. The van der Waals surface area contributed by atoms with Gasteiger partial charge < -0.3 is 5.32 Å². The first-order chi connectivity index (χ1) is 10.3. The Hall–Kier alpha value is -2.48. The zero-order valence-electron chi connectivity index (χ0n) is 12.1. The molecule has 0 radical (unpaired) electrons. The van der Waals surface area contributed by atoms with Crippen molar-refractivity contribution in [1.82, 2.24) is 4.98 Å². The molecule has 0 saturated carbocycles. The lowest BCUT2D eigenvalue weighted by Crippen LogP contribution is -2.06. The van der Waals surface area contributed by atoms with Crippen LogP contribution in [0.3, 0.4) is 0 Å². The molecule has 0 fully saturated rings. The van der Waals surface area contributed by atoms with E-state index in [1.807, 2.05) is 25.1 Å². The zero-order chi connectivity index (χ0) is 16.3. The third-order valence-corrected chi connectivity index (χ3v) is 4.10. The summed E-state index contributed by atoms with van der Waals surface area (Å²) in [7, 11) is -3.69. The third-order valence-electron chi connectivity index (χ3n) is 2.98. The number of anilines is 1. The Balaban J connectivity index is 2.28. The van der Waals surface area contributed by atoms with Crippen molar-refractivity contribution in [3.05, 3.63) is 57.9 Å². The molecule has 2 aromatic rings. The number of nitrogens with zero attached hydrogens (tertiary/aromatic N) is 2. The number of nitro benzene ring substituents is 1. The molecular formula is C14H15N3O4S. The number of benzene rings is 1. The zero-order valence-corrected chi connectivity index (χ0v) is 12.9. The molecular weight excluding hydrogens is 306 g/mol. The minimum Gasteiger partial charge on any atom is -0.379 e. The predicted molar refractivity (Wildman–Crippen MR) is 82.5 cm³/mol. The molecule has 0 aliphatic carbocycles. The fraction of sp³-hybridized carbons (Fsp3) is 0.214. The van der Waals surface area contributed by atoms with E-state index in [2.05, 4.69) is 10.3 Å². The molecule has 22 heavy (non-hydrogen) atoms. The van der Waals surface area contributed by atoms with Gasteiger partial charge in [-0.25, -0.2) is 8.42 Å². The first kappa shape index (κ1) is 15.9. The van der Waals surface area contributed by atoms with Gasteiger partial charge in [0.2, 0.25) is 0 Å². The van der Waals surface area contributed by atoms with Crippen molar-refractivity contribution in [3.63, 3.8) is 0 Å². The quantitative estimate of drug-likeness (QED) is 0.669. The lowest BCUT2D eigenvalue weighted by Gasteiger charge is -2.08. The minimum atomic E-state index is -3.69. The summed E-state index contributed by atoms with van der Waals surface area (Å²) in [6, 6.07) is 9.51. The Morgan fingerprint density at radius 1 is 1.27 bits per heavy atom. The van der Waals surface area contributed by atoms with E-state index in [1.165, 1.54) is 18.2 Å². The summed E-state index contributed by atoms with van der Waals surface area (Å²) in [6.45, 7) is 2.26. The van der Waals surface area contributed by atoms with Crippen LogP contribution in [0.15, 0.2) is 41.3 Å². The highest BCUT2D eigenvalue weighted by molar-refractivity contribution is 7.90. The fourth-order valence-electron chi connectivity index (χ4n) is 1.96. The van der Waals surface area contributed by atoms with Crippen LogP contribution < -0.4 is 5.32 Å². The van der Waals surface area contributed by atoms with Crippen LogP contribution in [0.1, 0.15) is 11.4 Å². The first-order valence-corrected chi connectivity index (χ1v) is 8.31. The second-order valence-electron chi connectivity index (χ2n) is 4.84. The molecule has 1 heterocycles. The van der Waals surface area contributed by atoms with Gasteiger partial charge in [0.15, 0.2) is 9.84 Å². The van der Waals surface area contributed by atoms with Gasteiger partial charge in [-0.1, -0.05) is 6.07 Å². The van der Waals surface area contributed by atoms with Gasteiger partial charge in [0.05, 0.1) is 17.2 Å². The van der Waals surface area contributed by atoms with Gasteiger partial charge in [-0.05, 0) is 31.2 Å². The van der Waals surface area contributed by atoms with Gasteiger partial charge in [-0.15, -0.1) is 0 Å². The second kappa shape index (κ2) is 6.10. The van der Waals surface area contributed by atoms with Crippen LogP contribution >= 0.6 is 0 Å². The summed E-state index contributed by atoms with van der Waals surface area (Å²) in [5.74, 6) is 0. The van der Waals surface area contributed by atoms with Crippen molar-refractivity contribution >= 4 is 21.2 Å². The van der Waals surface area contributed by atoms with Crippen molar-refractivity contribution in [2.45, 2.75) is 18.4 Å². The number of aryl methyl sites for hydroxylation is 1. The number of aromatic nitrogens is 1. The fourth-order valence-corrected chi connectivity index (χ4v) is 2.83. The van der Waals surface area contributed by atoms with Crippen molar-refractivity contribution < 1.29 is 13.3 Å². The van der Waals surface area contributed by atoms with E-state index in [-0.39, 0.29) is 4.90 Å². The summed E-state index contributed by atoms with van der Waals surface area (Å²) < 4.78 is 23.4. The van der Waals surface area contributed by atoms with E-state index in [0.717, 1.165) is 17.6 Å². The number of sulfone groups is 1. The third kappa shape index (κ3) is 3.79. The molecule has 0 unspecified atom stereocenters. The molecule has 0 atom stereocenters. The SMILES string of the molecule is Cc1cccc(CNc2ccc([N+](=O)[O-])c(S(C)(=O)=O)c2)n1. The Labute approximate surface area is 128 Å². The molecule has 1 N–H and O–H groups in total. The molecule has 0 aliphatic heterocycles. The lowest BCUT2D eigenvalue weighted by molar-refractivity contribution is -0.387. The Kier molecular flexibility index (Phi) is 4.41. The van der Waals surface area contributed by atoms with Gasteiger partial charge in [-0.3, -0.25) is 15.1 Å². The van der Waals surface area contributed by atoms with E-state index in [0.29, 0.717) is 12.2 Å². The Morgan fingerprint density at radius 3 is 2.59 bits per heavy atom. The molecule has 0 bridgehead atoms. The van der Waals surface area contributed by atoms with E-state index >= 15 is 0 Å². The summed E-state index contributed by atoms with van der Waals surface area (Å²) >= 11 is 0. The molecule has 1 aromatic heterocycles. The number of pyridine rings is 1. The molecule has 1 aromatic carbocycles. The Bertz CT molecular complexity index is 819. The van der Waals surface area contributed by atoms with Crippen LogP contribution in [0, 0.1) is 17.0 Å². The lowest BCUT2D eigenvalue weighted by atomic mass is 10.2. The van der Waals surface area contributed by atoms with Crippen LogP contribution in [-0.4, -0.2) is 24.6 Å². The monoisotopic (exact) mass is 321 g/mol. The minimum absolute atomic E-state index is 0.306. The van der Waals surface area contributed by atoms with E-state index in [4.69, 9.17) is 0 Å². The molecule has 0 saturated heterocycles. The van der Waals surface area contributed by atoms with Gasteiger partial charge in [0.1, 0.15) is 4.90 Å². The highest BCUT2D eigenvalue weighted by Crippen LogP contribution is 2.27. The maximum Gasteiger partial charge on any atom is 0.288 e. The molecule has 0 spiro atoms. The van der Waals surface area contributed by atoms with Crippen LogP contribution in [-0.2, 0) is 16.4 Å². The molecule has 0 amide bonds. The normalized spacial score (nSPS) is 11.2. The summed E-state index contributed by atoms with van der Waals surface area (Å²) in [5.41, 5.74) is 1.72. The van der Waals surface area contributed by atoms with Crippen molar-refractivity contribution in [1.29, 1.82) is 0 Å². The van der Waals surface area contributed by atoms with E-state index in [1.54, 1.807) is 0 Å². The summed E-state index contributed by atoms with van der Waals surface area (Å²) in [6.07, 6.45) is 0.946. The second-order valence-corrected chi connectivity index (χ2v) is 6.82. The molecule has 0 aliphatic rings. The smallest absolute Gasteiger partial charge is 0.288 e. The van der Waals surface area contributed by atoms with Crippen LogP contribution in [0.2, 0.25) is 0 Å². The number of hydrogen-bond donors (Lipinski definition) is 1. The summed E-state index contributed by atoms with van der Waals surface area (Å²) in [5, 5.41) is 13.9. The summed E-state index contributed by atoms with van der Waals surface area (Å²) in [4.78, 5) is 14.2. The van der Waals surface area contributed by atoms with Crippen LogP contribution in [0.5, 0.6) is 0 Å². The van der Waals surface area contributed by atoms with E-state index in [9.17, 15) is 18.5 Å².